The van der Waals surface area contributed by atoms with Crippen molar-refractivity contribution in [3.63, 3.8) is 0 Å². The first-order valence-corrected chi connectivity index (χ1v) is 14.1. The molecular weight excluding hydrogens is 619 g/mol. The molecule has 2 N–H and O–H groups in total. The summed E-state index contributed by atoms with van der Waals surface area (Å²) < 4.78 is 2.75. The van der Waals surface area contributed by atoms with Crippen LogP contribution in [0.5, 0.6) is 11.8 Å². The van der Waals surface area contributed by atoms with Crippen molar-refractivity contribution in [1.29, 1.82) is 0 Å². The summed E-state index contributed by atoms with van der Waals surface area (Å²) in [6.07, 6.45) is 0. The molecule has 0 spiro atoms. The molecule has 0 aliphatic carbocycles. The van der Waals surface area contributed by atoms with Gasteiger partial charge in [-0.3, -0.25) is 20.4 Å². The fourth-order valence-electron chi connectivity index (χ4n) is 3.57. The van der Waals surface area contributed by atoms with Gasteiger partial charge in [-0.25, -0.2) is 29.8 Å². The van der Waals surface area contributed by atoms with Gasteiger partial charge in [0.05, 0.1) is 34.9 Å². The van der Waals surface area contributed by atoms with Gasteiger partial charge in [-0.2, -0.15) is 10.2 Å². The molecule has 4 aromatic heterocycles. The quantitative estimate of drug-likeness (QED) is 0.199. The number of azo groups is 2. The molecule has 0 atom stereocenters. The molecule has 0 aliphatic heterocycles. The Labute approximate surface area is 274 Å². The van der Waals surface area contributed by atoms with Gasteiger partial charge in [-0.15, -0.1) is 0 Å². The van der Waals surface area contributed by atoms with E-state index in [4.69, 9.17) is 0 Å². The van der Waals surface area contributed by atoms with Crippen molar-refractivity contribution in [2.24, 2.45) is 34.6 Å². The minimum atomic E-state index is -0.269. The van der Waals surface area contributed by atoms with Crippen LogP contribution in [0.25, 0.3) is 0 Å². The van der Waals surface area contributed by atoms with Crippen molar-refractivity contribution in [3.05, 3.63) is 23.0 Å². The fourth-order valence-corrected chi connectivity index (χ4v) is 3.57. The van der Waals surface area contributed by atoms with E-state index in [2.05, 4.69) is 61.0 Å². The maximum Gasteiger partial charge on any atom is 2.00 e. The zero-order valence-corrected chi connectivity index (χ0v) is 29.7. The number of nitrogens with zero attached hydrogens (tertiary/aromatic N) is 14. The maximum absolute atomic E-state index is 10.1. The van der Waals surface area contributed by atoms with E-state index in [0.29, 0.717) is 34.4 Å². The first kappa shape index (κ1) is 37.2. The van der Waals surface area contributed by atoms with E-state index < -0.39 is 0 Å². The summed E-state index contributed by atoms with van der Waals surface area (Å²) in [4.78, 5) is 8.47. The molecule has 45 heavy (non-hydrogen) atoms. The summed E-state index contributed by atoms with van der Waals surface area (Å²) >= 11 is 0. The van der Waals surface area contributed by atoms with E-state index in [1.165, 1.54) is 9.36 Å². The third-order valence-electron chi connectivity index (χ3n) is 6.11. The Morgan fingerprint density at radius 2 is 0.844 bits per heavy atom. The van der Waals surface area contributed by atoms with Gasteiger partial charge >= 0.3 is 17.1 Å². The summed E-state index contributed by atoms with van der Waals surface area (Å²) in [6.45, 7) is 23.9. The molecule has 0 saturated heterocycles. The smallest absolute Gasteiger partial charge is 0.492 e. The van der Waals surface area contributed by atoms with Gasteiger partial charge in [-0.05, 0) is 0 Å². The van der Waals surface area contributed by atoms with Gasteiger partial charge in [0.15, 0.2) is 11.4 Å². The van der Waals surface area contributed by atoms with Crippen LogP contribution in [0.15, 0.2) is 20.5 Å². The van der Waals surface area contributed by atoms with Crippen LogP contribution in [0.2, 0.25) is 0 Å². The first-order valence-electron chi connectivity index (χ1n) is 14.1. The Bertz CT molecular complexity index is 1530. The summed E-state index contributed by atoms with van der Waals surface area (Å²) in [5.41, 5.74) is 1.04. The largest absolute Gasteiger partial charge is 2.00 e. The summed E-state index contributed by atoms with van der Waals surface area (Å²) in [6, 6.07) is 0. The van der Waals surface area contributed by atoms with Crippen LogP contribution < -0.4 is 10.2 Å². The molecular formula is C28H44MnN14O2. The molecule has 0 bridgehead atoms. The average Bonchev–Trinajstić information content (AvgIpc) is 3.65. The van der Waals surface area contributed by atoms with Gasteiger partial charge in [-0.1, -0.05) is 83.1 Å². The van der Waals surface area contributed by atoms with E-state index in [0.717, 1.165) is 0 Å². The van der Waals surface area contributed by atoms with Crippen molar-refractivity contribution in [2.75, 3.05) is 0 Å². The number of aromatic hydroxyl groups is 2. The Balaban J connectivity index is 0.000000307. The number of hydrogen-bond donors (Lipinski definition) is 2. The van der Waals surface area contributed by atoms with Gasteiger partial charge < -0.3 is 20.2 Å². The second-order valence-electron chi connectivity index (χ2n) is 14.6. The zero-order valence-electron chi connectivity index (χ0n) is 28.5. The van der Waals surface area contributed by atoms with Crippen LogP contribution in [0.3, 0.4) is 0 Å². The maximum atomic E-state index is 10.1. The number of rotatable bonds is 4. The van der Waals surface area contributed by atoms with Crippen molar-refractivity contribution in [2.45, 2.75) is 105 Å². The number of aryl methyl sites for hydroxylation is 2. The molecule has 0 aliphatic rings. The average molecular weight is 664 g/mol. The summed E-state index contributed by atoms with van der Waals surface area (Å²) in [7, 11) is 3.31. The second kappa shape index (κ2) is 13.2. The van der Waals surface area contributed by atoms with E-state index >= 15 is 0 Å². The Morgan fingerprint density at radius 1 is 0.533 bits per heavy atom. The molecule has 1 radical (unpaired) electrons. The van der Waals surface area contributed by atoms with E-state index in [1.54, 1.807) is 14.1 Å². The van der Waals surface area contributed by atoms with Gasteiger partial charge in [0.25, 0.3) is 0 Å². The van der Waals surface area contributed by atoms with Crippen LogP contribution in [0.1, 0.15) is 106 Å². The van der Waals surface area contributed by atoms with Crippen LogP contribution in [-0.4, -0.2) is 49.9 Å². The monoisotopic (exact) mass is 663 g/mol. The second-order valence-corrected chi connectivity index (χ2v) is 14.6. The molecule has 4 heterocycles. The van der Waals surface area contributed by atoms with E-state index in [-0.39, 0.29) is 62.4 Å². The van der Waals surface area contributed by atoms with Crippen molar-refractivity contribution >= 4 is 23.3 Å². The molecule has 17 heteroatoms. The summed E-state index contributed by atoms with van der Waals surface area (Å²) in [5.74, 6) is 1.48. The van der Waals surface area contributed by atoms with Crippen molar-refractivity contribution in [3.8, 4) is 11.8 Å². The third-order valence-corrected chi connectivity index (χ3v) is 6.11. The van der Waals surface area contributed by atoms with Crippen LogP contribution in [0.4, 0.5) is 23.3 Å². The normalized spacial score (nSPS) is 12.9. The first-order chi connectivity index (χ1) is 20.0. The van der Waals surface area contributed by atoms with Gasteiger partial charge in [0.1, 0.15) is 0 Å². The predicted octanol–water partition coefficient (Wildman–Crippen LogP) is 5.76. The molecule has 0 saturated carbocycles. The van der Waals surface area contributed by atoms with Crippen molar-refractivity contribution < 1.29 is 27.3 Å². The minimum Gasteiger partial charge on any atom is -0.492 e. The SMILES string of the molecule is Cn1nc(C(C)(C)C)c(N=Nc2nc(C(C)(C)C)n[n-]2)c1O.Cn1nc(C(C)(C)C)c(N=Nc2nc(C(C)(C)C)n[n-]2)c1O.[Mn+2]. The van der Waals surface area contributed by atoms with E-state index in [9.17, 15) is 10.2 Å². The molecule has 0 aromatic carbocycles. The predicted molar refractivity (Wildman–Crippen MR) is 164 cm³/mol. The van der Waals surface area contributed by atoms with Crippen molar-refractivity contribution in [1.82, 2.24) is 49.9 Å². The Morgan fingerprint density at radius 3 is 1.09 bits per heavy atom. The molecule has 0 fully saturated rings. The molecule has 16 nitrogen and oxygen atoms in total. The van der Waals surface area contributed by atoms with Gasteiger partial charge in [0.2, 0.25) is 11.8 Å². The number of aromatic nitrogens is 10. The Hall–Kier alpha value is -3.98. The minimum absolute atomic E-state index is 0. The standard InChI is InChI=1S/2C14H22N7O.Mn/c2*1-13(2,3)9-8(10(22)21(7)20-9)16-18-12-15-11(17-19-12)14(4,5)6;/h2*1-7H3,(H-,15,16,17,18,19,20,22);/q2*-1;+2. The topological polar surface area (TPSA) is 205 Å². The molecule has 4 aromatic rings. The molecule has 4 rings (SSSR count). The van der Waals surface area contributed by atoms with Crippen LogP contribution in [-0.2, 0) is 52.8 Å². The molecule has 0 unspecified atom stereocenters. The number of hydrogen-bond acceptors (Lipinski definition) is 12. The fraction of sp³-hybridized carbons (Fsp3) is 0.643. The van der Waals surface area contributed by atoms with Crippen LogP contribution in [0, 0.1) is 0 Å². The van der Waals surface area contributed by atoms with E-state index in [1.807, 2.05) is 83.1 Å². The Kier molecular flexibility index (Phi) is 10.9. The molecule has 245 valence electrons. The van der Waals surface area contributed by atoms with Gasteiger partial charge in [0, 0.05) is 35.8 Å². The molecule has 0 amide bonds. The zero-order chi connectivity index (χ0) is 33.4. The summed E-state index contributed by atoms with van der Waals surface area (Å²) in [5, 5.41) is 60.7. The van der Waals surface area contributed by atoms with Crippen LogP contribution >= 0.6 is 0 Å². The third kappa shape index (κ3) is 9.03.